The van der Waals surface area contributed by atoms with Gasteiger partial charge in [-0.1, -0.05) is 54.6 Å². The zero-order valence-electron chi connectivity index (χ0n) is 13.4. The minimum atomic E-state index is 0.320. The van der Waals surface area contributed by atoms with Crippen molar-refractivity contribution in [3.63, 3.8) is 0 Å². The highest BCUT2D eigenvalue weighted by molar-refractivity contribution is 5.76. The monoisotopic (exact) mass is 305 g/mol. The van der Waals surface area contributed by atoms with Gasteiger partial charge in [-0.25, -0.2) is 0 Å². The van der Waals surface area contributed by atoms with Crippen LogP contribution in [0.4, 0.5) is 0 Å². The molecule has 1 heterocycles. The van der Waals surface area contributed by atoms with E-state index < -0.39 is 0 Å². The van der Waals surface area contributed by atoms with Crippen LogP contribution in [0.2, 0.25) is 0 Å². The molecule has 2 heteroatoms. The maximum Gasteiger partial charge on any atom is 0.222 e. The van der Waals surface area contributed by atoms with E-state index in [0.29, 0.717) is 24.2 Å². The molecule has 2 aromatic carbocycles. The summed E-state index contributed by atoms with van der Waals surface area (Å²) in [6.07, 6.45) is 4.15. The van der Waals surface area contributed by atoms with Gasteiger partial charge in [0.15, 0.2) is 0 Å². The van der Waals surface area contributed by atoms with Gasteiger partial charge in [-0.15, -0.1) is 0 Å². The molecule has 2 aromatic rings. The quantitative estimate of drug-likeness (QED) is 0.816. The Morgan fingerprint density at radius 3 is 2.52 bits per heavy atom. The van der Waals surface area contributed by atoms with Gasteiger partial charge in [-0.3, -0.25) is 4.79 Å². The summed E-state index contributed by atoms with van der Waals surface area (Å²) in [6, 6.07) is 19.2. The van der Waals surface area contributed by atoms with Crippen LogP contribution in [0.5, 0.6) is 0 Å². The van der Waals surface area contributed by atoms with Crippen molar-refractivity contribution in [3.8, 4) is 0 Å². The number of aryl methyl sites for hydroxylation is 1. The molecule has 2 unspecified atom stereocenters. The number of fused-ring (bicyclic) bond motifs is 3. The summed E-state index contributed by atoms with van der Waals surface area (Å²) in [5.41, 5.74) is 4.20. The second-order valence-corrected chi connectivity index (χ2v) is 6.90. The van der Waals surface area contributed by atoms with Crippen molar-refractivity contribution in [2.24, 2.45) is 5.92 Å². The third kappa shape index (κ3) is 2.90. The second-order valence-electron chi connectivity index (χ2n) is 6.90. The number of amides is 1. The third-order valence-corrected chi connectivity index (χ3v) is 5.52. The van der Waals surface area contributed by atoms with E-state index in [-0.39, 0.29) is 0 Å². The highest BCUT2D eigenvalue weighted by Crippen LogP contribution is 2.41. The minimum absolute atomic E-state index is 0.320. The highest BCUT2D eigenvalue weighted by atomic mass is 16.2. The van der Waals surface area contributed by atoms with E-state index in [1.54, 1.807) is 0 Å². The maximum atomic E-state index is 12.6. The molecular formula is C21H23NO. The lowest BCUT2D eigenvalue weighted by Gasteiger charge is -2.34. The summed E-state index contributed by atoms with van der Waals surface area (Å²) in [5, 5.41) is 0. The molecule has 0 radical (unpaired) electrons. The highest BCUT2D eigenvalue weighted by Gasteiger charge is 2.34. The Labute approximate surface area is 138 Å². The van der Waals surface area contributed by atoms with Crippen LogP contribution in [0, 0.1) is 5.92 Å². The topological polar surface area (TPSA) is 20.3 Å². The van der Waals surface area contributed by atoms with Crippen molar-refractivity contribution in [2.45, 2.75) is 38.1 Å². The first-order valence-corrected chi connectivity index (χ1v) is 8.71. The van der Waals surface area contributed by atoms with Crippen LogP contribution >= 0.6 is 0 Å². The number of carbonyl (C=O) groups excluding carboxylic acids is 1. The van der Waals surface area contributed by atoms with Crippen LogP contribution in [0.1, 0.15) is 41.9 Å². The van der Waals surface area contributed by atoms with Crippen LogP contribution in [0.3, 0.4) is 0 Å². The zero-order chi connectivity index (χ0) is 15.6. The summed E-state index contributed by atoms with van der Waals surface area (Å²) in [7, 11) is 0. The molecule has 2 nitrogen and oxygen atoms in total. The summed E-state index contributed by atoms with van der Waals surface area (Å²) in [4.78, 5) is 14.7. The Morgan fingerprint density at radius 1 is 0.913 bits per heavy atom. The van der Waals surface area contributed by atoms with Crippen LogP contribution in [-0.2, 0) is 17.8 Å². The predicted octanol–water partition coefficient (Wildman–Crippen LogP) is 4.16. The fourth-order valence-corrected chi connectivity index (χ4v) is 4.28. The Morgan fingerprint density at radius 2 is 1.65 bits per heavy atom. The number of nitrogens with zero attached hydrogens (tertiary/aromatic N) is 1. The van der Waals surface area contributed by atoms with E-state index in [1.807, 2.05) is 6.07 Å². The molecule has 0 saturated carbocycles. The van der Waals surface area contributed by atoms with E-state index in [2.05, 4.69) is 53.4 Å². The Balaban J connectivity index is 1.62. The van der Waals surface area contributed by atoms with Crippen molar-refractivity contribution in [1.82, 2.24) is 4.90 Å². The molecule has 2 aliphatic rings. The van der Waals surface area contributed by atoms with Crippen LogP contribution in [0.25, 0.3) is 0 Å². The van der Waals surface area contributed by atoms with Gasteiger partial charge in [0.05, 0.1) is 0 Å². The number of likely N-dealkylation sites (tertiary alicyclic amines) is 1. The minimum Gasteiger partial charge on any atom is -0.338 e. The van der Waals surface area contributed by atoms with Crippen molar-refractivity contribution in [2.75, 3.05) is 6.54 Å². The first-order valence-electron chi connectivity index (χ1n) is 8.71. The van der Waals surface area contributed by atoms with Crippen molar-refractivity contribution < 1.29 is 4.79 Å². The van der Waals surface area contributed by atoms with Gasteiger partial charge in [-0.2, -0.15) is 0 Å². The van der Waals surface area contributed by atoms with Crippen LogP contribution < -0.4 is 0 Å². The molecule has 1 fully saturated rings. The molecule has 1 saturated heterocycles. The van der Waals surface area contributed by atoms with Crippen molar-refractivity contribution in [3.05, 3.63) is 71.3 Å². The Bertz CT molecular complexity index is 694. The van der Waals surface area contributed by atoms with Crippen LogP contribution in [-0.4, -0.2) is 17.4 Å². The SMILES string of the molecule is O=C1CCC2CCc3ccccc3C2CN1Cc1ccccc1. The molecule has 1 aliphatic carbocycles. The van der Waals surface area contributed by atoms with Gasteiger partial charge in [0.2, 0.25) is 5.91 Å². The van der Waals surface area contributed by atoms with Crippen molar-refractivity contribution >= 4 is 5.91 Å². The molecule has 0 spiro atoms. The molecule has 1 amide bonds. The number of rotatable bonds is 2. The lowest BCUT2D eigenvalue weighted by atomic mass is 9.74. The first kappa shape index (κ1) is 14.5. The molecule has 23 heavy (non-hydrogen) atoms. The molecule has 118 valence electrons. The molecule has 4 rings (SSSR count). The number of hydrogen-bond acceptors (Lipinski definition) is 1. The fourth-order valence-electron chi connectivity index (χ4n) is 4.28. The summed E-state index contributed by atoms with van der Waals surface area (Å²) in [6.45, 7) is 1.61. The zero-order valence-corrected chi connectivity index (χ0v) is 13.4. The molecule has 0 bridgehead atoms. The van der Waals surface area contributed by atoms with Crippen LogP contribution in [0.15, 0.2) is 54.6 Å². The van der Waals surface area contributed by atoms with Gasteiger partial charge < -0.3 is 4.90 Å². The van der Waals surface area contributed by atoms with E-state index in [4.69, 9.17) is 0 Å². The lowest BCUT2D eigenvalue weighted by Crippen LogP contribution is -2.34. The molecule has 0 N–H and O–H groups in total. The molecule has 1 aliphatic heterocycles. The van der Waals surface area contributed by atoms with Gasteiger partial charge in [0, 0.05) is 25.4 Å². The Hall–Kier alpha value is -2.09. The summed E-state index contributed by atoms with van der Waals surface area (Å²) >= 11 is 0. The number of carbonyl (C=O) groups is 1. The average molecular weight is 305 g/mol. The standard InChI is InChI=1S/C21H23NO/c23-21-13-12-18-11-10-17-8-4-5-9-19(17)20(18)15-22(21)14-16-6-2-1-3-7-16/h1-9,18,20H,10-15H2. The molecule has 0 aromatic heterocycles. The maximum absolute atomic E-state index is 12.6. The molecular weight excluding hydrogens is 282 g/mol. The fraction of sp³-hybridized carbons (Fsp3) is 0.381. The van der Waals surface area contributed by atoms with Gasteiger partial charge in [0.25, 0.3) is 0 Å². The second kappa shape index (κ2) is 6.19. The average Bonchev–Trinajstić information content (AvgIpc) is 2.76. The summed E-state index contributed by atoms with van der Waals surface area (Å²) in [5.74, 6) is 1.49. The van der Waals surface area contributed by atoms with Gasteiger partial charge >= 0.3 is 0 Å². The van der Waals surface area contributed by atoms with Gasteiger partial charge in [-0.05, 0) is 41.9 Å². The largest absolute Gasteiger partial charge is 0.338 e. The molecule has 2 atom stereocenters. The van der Waals surface area contributed by atoms with E-state index in [9.17, 15) is 4.79 Å². The van der Waals surface area contributed by atoms with E-state index in [1.165, 1.54) is 29.5 Å². The number of benzene rings is 2. The van der Waals surface area contributed by atoms with E-state index >= 15 is 0 Å². The first-order chi connectivity index (χ1) is 11.3. The normalized spacial score (nSPS) is 23.8. The Kier molecular flexibility index (Phi) is 3.90. The summed E-state index contributed by atoms with van der Waals surface area (Å²) < 4.78 is 0. The van der Waals surface area contributed by atoms with E-state index in [0.717, 1.165) is 19.5 Å². The van der Waals surface area contributed by atoms with Crippen molar-refractivity contribution in [1.29, 1.82) is 0 Å². The predicted molar refractivity (Wildman–Crippen MR) is 92.1 cm³/mol. The number of hydrogen-bond donors (Lipinski definition) is 0. The smallest absolute Gasteiger partial charge is 0.222 e. The lowest BCUT2D eigenvalue weighted by molar-refractivity contribution is -0.131. The third-order valence-electron chi connectivity index (χ3n) is 5.52. The van der Waals surface area contributed by atoms with Gasteiger partial charge in [0.1, 0.15) is 0 Å².